The summed E-state index contributed by atoms with van der Waals surface area (Å²) >= 11 is 6.09. The van der Waals surface area contributed by atoms with E-state index in [2.05, 4.69) is 20.1 Å². The molecule has 27 heavy (non-hydrogen) atoms. The topological polar surface area (TPSA) is 126 Å². The molecule has 1 saturated heterocycles. The van der Waals surface area contributed by atoms with E-state index in [-0.39, 0.29) is 28.4 Å². The molecule has 1 aromatic carbocycles. The zero-order valence-electron chi connectivity index (χ0n) is 14.8. The Labute approximate surface area is 160 Å². The molecule has 2 aromatic rings. The lowest BCUT2D eigenvalue weighted by Gasteiger charge is -2.27. The van der Waals surface area contributed by atoms with Crippen molar-refractivity contribution in [3.8, 4) is 17.2 Å². The molecule has 1 fully saturated rings. The number of benzene rings is 1. The molecule has 1 aromatic heterocycles. The third kappa shape index (κ3) is 4.01. The number of phenols is 1. The van der Waals surface area contributed by atoms with Crippen LogP contribution in [0, 0.1) is 5.53 Å². The molecular weight excluding hydrogens is 376 g/mol. The van der Waals surface area contributed by atoms with Gasteiger partial charge in [0, 0.05) is 13.1 Å². The second-order valence-corrected chi connectivity index (χ2v) is 6.01. The summed E-state index contributed by atoms with van der Waals surface area (Å²) in [5, 5.41) is 13.7. The van der Waals surface area contributed by atoms with Crippen LogP contribution in [0.15, 0.2) is 17.2 Å². The number of nitrogens with zero attached hydrogens (tertiary/aromatic N) is 5. The molecule has 11 heteroatoms. The zero-order chi connectivity index (χ0) is 19.4. The number of hydrogen-bond donors (Lipinski definition) is 2. The molecule has 1 unspecified atom stereocenters. The maximum Gasteiger partial charge on any atom is 0.230 e. The van der Waals surface area contributed by atoms with Gasteiger partial charge in [0.05, 0.1) is 27.4 Å². The van der Waals surface area contributed by atoms with Gasteiger partial charge >= 0.3 is 0 Å². The van der Waals surface area contributed by atoms with Crippen LogP contribution < -0.4 is 14.4 Å². The van der Waals surface area contributed by atoms with Crippen LogP contribution in [0.25, 0.3) is 0 Å². The molecule has 0 amide bonds. The number of phenolic OH excluding ortho intramolecular Hbond substituents is 1. The number of halogens is 1. The van der Waals surface area contributed by atoms with Gasteiger partial charge in [-0.1, -0.05) is 0 Å². The Kier molecular flexibility index (Phi) is 5.87. The Morgan fingerprint density at radius 1 is 1.19 bits per heavy atom. The summed E-state index contributed by atoms with van der Waals surface area (Å²) in [7, 11) is 2.84. The van der Waals surface area contributed by atoms with Crippen molar-refractivity contribution in [3.05, 3.63) is 28.8 Å². The number of ether oxygens (including phenoxy) is 3. The van der Waals surface area contributed by atoms with E-state index in [0.717, 1.165) is 0 Å². The number of methoxy groups -OCH3 is 2. The first-order valence-electron chi connectivity index (χ1n) is 8.13. The average molecular weight is 395 g/mol. The minimum Gasteiger partial charge on any atom is -0.502 e. The molecule has 0 radical (unpaired) electrons. The Morgan fingerprint density at radius 3 is 2.37 bits per heavy atom. The van der Waals surface area contributed by atoms with Crippen LogP contribution in [-0.4, -0.2) is 60.6 Å². The molecule has 3 rings (SSSR count). The summed E-state index contributed by atoms with van der Waals surface area (Å²) in [6.45, 7) is 2.39. The predicted molar refractivity (Wildman–Crippen MR) is 96.1 cm³/mol. The van der Waals surface area contributed by atoms with Crippen LogP contribution >= 0.6 is 11.6 Å². The summed E-state index contributed by atoms with van der Waals surface area (Å²) in [6.07, 6.45) is 0. The fraction of sp³-hybridized carbons (Fsp3) is 0.438. The van der Waals surface area contributed by atoms with Gasteiger partial charge in [-0.3, -0.25) is 0 Å². The van der Waals surface area contributed by atoms with E-state index in [0.29, 0.717) is 37.8 Å². The van der Waals surface area contributed by atoms with E-state index < -0.39 is 6.04 Å². The molecule has 1 aliphatic heterocycles. The molecule has 10 nitrogen and oxygen atoms in total. The highest BCUT2D eigenvalue weighted by molar-refractivity contribution is 6.28. The highest BCUT2D eigenvalue weighted by atomic mass is 35.5. The second kappa shape index (κ2) is 8.31. The molecule has 2 heterocycles. The Bertz CT molecular complexity index is 806. The van der Waals surface area contributed by atoms with Gasteiger partial charge in [-0.05, 0) is 29.3 Å². The standard InChI is InChI=1S/C16H19ClN6O4/c1-25-10-7-9(8-11(26-2)13(10)24)12(22-18)14-19-15(17)21-16(20-14)23-3-5-27-6-4-23/h7-8,12,18,24H,3-6H2,1-2H3. The number of morpholine rings is 1. The molecule has 2 N–H and O–H groups in total. The van der Waals surface area contributed by atoms with Crippen molar-refractivity contribution in [1.82, 2.24) is 15.0 Å². The third-order valence-corrected chi connectivity index (χ3v) is 4.27. The minimum atomic E-state index is -0.867. The van der Waals surface area contributed by atoms with Gasteiger partial charge < -0.3 is 24.2 Å². The van der Waals surface area contributed by atoms with Crippen LogP contribution in [0.4, 0.5) is 5.95 Å². The van der Waals surface area contributed by atoms with Crippen LogP contribution in [0.5, 0.6) is 17.2 Å². The molecule has 1 atom stereocenters. The highest BCUT2D eigenvalue weighted by Gasteiger charge is 2.24. The summed E-state index contributed by atoms with van der Waals surface area (Å²) < 4.78 is 15.7. The van der Waals surface area contributed by atoms with Gasteiger partial charge in [0.1, 0.15) is 0 Å². The Morgan fingerprint density at radius 2 is 1.81 bits per heavy atom. The van der Waals surface area contributed by atoms with Crippen molar-refractivity contribution in [2.45, 2.75) is 6.04 Å². The minimum absolute atomic E-state index is 0.00727. The maximum atomic E-state index is 10.1. The van der Waals surface area contributed by atoms with Crippen molar-refractivity contribution in [3.63, 3.8) is 0 Å². The molecular formula is C16H19ClN6O4. The lowest BCUT2D eigenvalue weighted by molar-refractivity contribution is 0.122. The number of aromatic nitrogens is 3. The van der Waals surface area contributed by atoms with Crippen molar-refractivity contribution < 1.29 is 19.3 Å². The molecule has 0 aliphatic carbocycles. The smallest absolute Gasteiger partial charge is 0.230 e. The fourth-order valence-corrected chi connectivity index (χ4v) is 2.90. The van der Waals surface area contributed by atoms with Gasteiger partial charge in [-0.25, -0.2) is 5.53 Å². The fourth-order valence-electron chi connectivity index (χ4n) is 2.73. The maximum absolute atomic E-state index is 10.1. The van der Waals surface area contributed by atoms with Crippen molar-refractivity contribution in [2.24, 2.45) is 5.11 Å². The molecule has 1 aliphatic rings. The summed E-state index contributed by atoms with van der Waals surface area (Å²) in [4.78, 5) is 14.7. The summed E-state index contributed by atoms with van der Waals surface area (Å²) in [5.74, 6) is 0.842. The van der Waals surface area contributed by atoms with Gasteiger partial charge in [0.25, 0.3) is 0 Å². The van der Waals surface area contributed by atoms with Crippen molar-refractivity contribution in [2.75, 3.05) is 45.4 Å². The SMILES string of the molecule is COc1cc(C(N=N)c2nc(Cl)nc(N3CCOCC3)n2)cc(OC)c1O. The molecule has 0 spiro atoms. The Balaban J connectivity index is 2.03. The van der Waals surface area contributed by atoms with Gasteiger partial charge in [-0.2, -0.15) is 20.1 Å². The largest absolute Gasteiger partial charge is 0.502 e. The number of hydrogen-bond acceptors (Lipinski definition) is 10. The Hall–Kier alpha value is -2.72. The van der Waals surface area contributed by atoms with Crippen LogP contribution in [-0.2, 0) is 4.74 Å². The number of nitrogens with one attached hydrogen (secondary N) is 1. The molecule has 0 bridgehead atoms. The van der Waals surface area contributed by atoms with E-state index in [1.54, 1.807) is 12.1 Å². The average Bonchev–Trinajstić information content (AvgIpc) is 2.69. The number of aromatic hydroxyl groups is 1. The monoisotopic (exact) mass is 394 g/mol. The summed E-state index contributed by atoms with van der Waals surface area (Å²) in [5.41, 5.74) is 8.14. The van der Waals surface area contributed by atoms with Crippen LogP contribution in [0.2, 0.25) is 5.28 Å². The second-order valence-electron chi connectivity index (χ2n) is 5.67. The quantitative estimate of drug-likeness (QED) is 0.714. The number of anilines is 1. The lowest BCUT2D eigenvalue weighted by atomic mass is 10.1. The van der Waals surface area contributed by atoms with Crippen LogP contribution in [0.3, 0.4) is 0 Å². The van der Waals surface area contributed by atoms with Crippen LogP contribution in [0.1, 0.15) is 17.4 Å². The van der Waals surface area contributed by atoms with E-state index in [9.17, 15) is 5.11 Å². The van der Waals surface area contributed by atoms with E-state index in [1.165, 1.54) is 14.2 Å². The van der Waals surface area contributed by atoms with E-state index in [1.807, 2.05) is 4.90 Å². The number of rotatable bonds is 6. The first kappa shape index (κ1) is 19.1. The van der Waals surface area contributed by atoms with E-state index >= 15 is 0 Å². The first-order valence-corrected chi connectivity index (χ1v) is 8.50. The normalized spacial score (nSPS) is 15.3. The third-order valence-electron chi connectivity index (χ3n) is 4.10. The van der Waals surface area contributed by atoms with Gasteiger partial charge in [0.2, 0.25) is 17.0 Å². The molecule has 0 saturated carbocycles. The van der Waals surface area contributed by atoms with Crippen molar-refractivity contribution >= 4 is 17.5 Å². The van der Waals surface area contributed by atoms with Gasteiger partial charge in [-0.15, -0.1) is 0 Å². The van der Waals surface area contributed by atoms with Gasteiger partial charge in [0.15, 0.2) is 23.4 Å². The lowest BCUT2D eigenvalue weighted by Crippen LogP contribution is -2.37. The zero-order valence-corrected chi connectivity index (χ0v) is 15.6. The summed E-state index contributed by atoms with van der Waals surface area (Å²) in [6, 6.07) is 2.23. The predicted octanol–water partition coefficient (Wildman–Crippen LogP) is 2.20. The van der Waals surface area contributed by atoms with E-state index in [4.69, 9.17) is 31.3 Å². The van der Waals surface area contributed by atoms with Crippen molar-refractivity contribution in [1.29, 1.82) is 5.53 Å². The molecule has 144 valence electrons. The highest BCUT2D eigenvalue weighted by Crippen LogP contribution is 2.40. The first-order chi connectivity index (χ1) is 13.1.